The highest BCUT2D eigenvalue weighted by molar-refractivity contribution is 6.30. The Bertz CT molecular complexity index is 4730. The van der Waals surface area contributed by atoms with Gasteiger partial charge in [-0.1, -0.05) is 124 Å². The third-order valence-corrected chi connectivity index (χ3v) is 19.1. The highest BCUT2D eigenvalue weighted by Crippen LogP contribution is 2.27. The number of likely N-dealkylation sites (tertiary alicyclic amines) is 1. The highest BCUT2D eigenvalue weighted by Gasteiger charge is 2.38. The number of carbonyl (C=O) groups excluding carboxylic acids is 2. The monoisotopic (exact) mass is 1630 g/mol. The zero-order chi connectivity index (χ0) is 85.0. The number of benzene rings is 5. The predicted octanol–water partition coefficient (Wildman–Crippen LogP) is 11.6. The van der Waals surface area contributed by atoms with E-state index < -0.39 is 156 Å². The largest absolute Gasteiger partial charge is 0.497 e. The second-order valence-electron chi connectivity index (χ2n) is 29.1. The molecule has 1 saturated heterocycles. The molecule has 624 valence electrons. The smallest absolute Gasteiger partial charge is 0.312 e. The van der Waals surface area contributed by atoms with Crippen LogP contribution in [0.3, 0.4) is 0 Å². The molecule has 2 aliphatic heterocycles. The molecule has 2 aliphatic rings. The van der Waals surface area contributed by atoms with Gasteiger partial charge >= 0.3 is 6.02 Å². The van der Waals surface area contributed by atoms with Crippen molar-refractivity contribution in [2.75, 3.05) is 30.3 Å². The Kier molecular flexibility index (Phi) is 33.8. The first-order valence-corrected chi connectivity index (χ1v) is 38.6. The van der Waals surface area contributed by atoms with Crippen LogP contribution in [0.15, 0.2) is 195 Å². The molecule has 11 unspecified atom stereocenters. The second-order valence-corrected chi connectivity index (χ2v) is 29.5. The van der Waals surface area contributed by atoms with Crippen molar-refractivity contribution in [3.05, 3.63) is 173 Å². The summed E-state index contributed by atoms with van der Waals surface area (Å²) in [6.07, 6.45) is 3.50. The van der Waals surface area contributed by atoms with Gasteiger partial charge in [0.15, 0.2) is 17.8 Å². The lowest BCUT2D eigenvalue weighted by molar-refractivity contribution is -0.132. The van der Waals surface area contributed by atoms with Gasteiger partial charge in [0.2, 0.25) is 64.9 Å². The molecular formula is C82H103ClN18O16. The minimum absolute atomic E-state index is 0.00347. The molecule has 0 radical (unpaired) electrons. The number of aliphatic hydroxyl groups is 14. The summed E-state index contributed by atoms with van der Waals surface area (Å²) in [6, 6.07) is 18.2. The van der Waals surface area contributed by atoms with Crippen LogP contribution in [0, 0.1) is 16.7 Å². The topological polar surface area (TPSA) is 553 Å². The molecule has 0 saturated carbocycles. The average molecular weight is 1630 g/mol. The van der Waals surface area contributed by atoms with Crippen molar-refractivity contribution in [3.8, 4) is 0 Å². The van der Waals surface area contributed by atoms with E-state index in [1.807, 2.05) is 70.2 Å². The lowest BCUT2D eigenvalue weighted by Crippen LogP contribution is -2.46. The number of aliphatic hydroxyl groups excluding tert-OH is 14. The van der Waals surface area contributed by atoms with Crippen molar-refractivity contribution >= 4 is 122 Å². The van der Waals surface area contributed by atoms with Gasteiger partial charge in [0, 0.05) is 80.4 Å². The molecule has 6 aromatic rings. The second kappa shape index (κ2) is 43.9. The summed E-state index contributed by atoms with van der Waals surface area (Å²) in [5.41, 5.74) is 2.94. The Labute approximate surface area is 681 Å². The number of nitrogens with one attached hydrogen (secondary N) is 5. The molecule has 35 heteroatoms. The minimum atomic E-state index is -1.90. The zero-order valence-corrected chi connectivity index (χ0v) is 66.4. The average Bonchev–Trinajstić information content (AvgIpc) is 1.81. The van der Waals surface area contributed by atoms with Crippen LogP contribution in [0.2, 0.25) is 5.02 Å². The molecule has 0 spiro atoms. The molecule has 0 bridgehead atoms. The Morgan fingerprint density at radius 2 is 1.04 bits per heavy atom. The van der Waals surface area contributed by atoms with Gasteiger partial charge in [0.05, 0.1) is 13.0 Å². The quantitative estimate of drug-likeness (QED) is 0.00963. The van der Waals surface area contributed by atoms with Gasteiger partial charge in [-0.05, 0) is 139 Å². The van der Waals surface area contributed by atoms with Crippen molar-refractivity contribution in [1.29, 1.82) is 10.8 Å². The summed E-state index contributed by atoms with van der Waals surface area (Å²) in [5.74, 6) is -9.43. The number of carbonyl (C=O) groups is 2. The third-order valence-electron chi connectivity index (χ3n) is 18.8. The summed E-state index contributed by atoms with van der Waals surface area (Å²) in [4.78, 5) is 81.0. The van der Waals surface area contributed by atoms with Crippen LogP contribution in [0.1, 0.15) is 114 Å². The Balaban J connectivity index is 1.22. The van der Waals surface area contributed by atoms with Crippen molar-refractivity contribution in [1.82, 2.24) is 15.2 Å². The van der Waals surface area contributed by atoms with Crippen LogP contribution >= 0.6 is 11.6 Å². The maximum atomic E-state index is 14.8. The fourth-order valence-electron chi connectivity index (χ4n) is 12.8. The van der Waals surface area contributed by atoms with Crippen LogP contribution in [0.25, 0.3) is 10.8 Å². The van der Waals surface area contributed by atoms with E-state index in [-0.39, 0.29) is 87.1 Å². The van der Waals surface area contributed by atoms with Gasteiger partial charge in [0.1, 0.15) is 60.4 Å². The molecule has 1 aromatic heterocycles. The summed E-state index contributed by atoms with van der Waals surface area (Å²) >= 11 is 6.29. The number of aromatic nitrogens is 1. The van der Waals surface area contributed by atoms with Crippen molar-refractivity contribution < 1.29 is 81.1 Å². The Morgan fingerprint density at radius 1 is 0.556 bits per heavy atom. The first-order valence-electron chi connectivity index (χ1n) is 38.2. The number of fused-ring (bicyclic) bond motifs is 1. The number of rotatable bonds is 41. The zero-order valence-electron chi connectivity index (χ0n) is 65.7. The molecule has 11 atom stereocenters. The lowest BCUT2D eigenvalue weighted by atomic mass is 10.0. The molecule has 2 amide bonds. The number of anilines is 2. The molecule has 8 rings (SSSR count). The fraction of sp³-hybridized carbons (Fsp3) is 0.415. The molecule has 0 aliphatic carbocycles. The van der Waals surface area contributed by atoms with Gasteiger partial charge in [0.25, 0.3) is 6.02 Å². The van der Waals surface area contributed by atoms with Gasteiger partial charge < -0.3 is 92.3 Å². The van der Waals surface area contributed by atoms with Crippen molar-refractivity contribution in [3.63, 3.8) is 0 Å². The number of aliphatic imine (C=N–C) groups is 11. The molecule has 19 N–H and O–H groups in total. The number of halogens is 1. The van der Waals surface area contributed by atoms with Crippen LogP contribution in [0.5, 0.6) is 0 Å². The van der Waals surface area contributed by atoms with Crippen molar-refractivity contribution in [2.24, 2.45) is 60.8 Å². The number of pyridine rings is 1. The standard InChI is InChI=1S/C82H103ClN18O16/c1-45(2)35-60(72(107)92-59(16-9-10-33-87-46(3)4)80(115)101-34-12-17-68(101)79(114)88-47(5)70(84)105)93-74(109)63(38-51-23-30-58(31-24-51)91-81(85)116)95-76(111)64(39-50-21-28-57(29-22-50)90-71(106)66-42-69(104)100-82(117)99-66)97-78(113)67(44-102)98-77(112)65(41-53-13-11-32-86-43-53)96-75(110)62(37-49-19-26-56(83)27-20-49)94-73(108)61(89-48(6)103)40-52-18-25-54-14-7-8-15-55(54)36-52/h7-8,11,13-15,18-32,36,43,45-47,59-68,87,102H,9-10,12,16-17,33-35,37-42,44H2,1-6H3,(H2,84,105)(H,88,114)(H,89,103)(H,90,106)(H,92,107)(H,93,109)(H,94,108)(H,95,111)(H,96,110)(H,97,113)(H,98,112)(H3,85,91,116)(H2,99,100,104,117). The van der Waals surface area contributed by atoms with Gasteiger partial charge in [-0.2, -0.15) is 4.99 Å². The Hall–Kier alpha value is -12.4. The molecule has 5 aromatic carbocycles. The van der Waals surface area contributed by atoms with E-state index in [4.69, 9.17) is 22.4 Å². The number of hydrogen-bond acceptors (Lipinski definition) is 18. The van der Waals surface area contributed by atoms with Crippen LogP contribution in [0.4, 0.5) is 11.4 Å². The Morgan fingerprint density at radius 3 is 1.56 bits per heavy atom. The first-order chi connectivity index (χ1) is 55.8. The van der Waals surface area contributed by atoms with Gasteiger partial charge in [-0.3, -0.25) is 25.4 Å². The van der Waals surface area contributed by atoms with E-state index in [1.165, 1.54) is 67.5 Å². The number of hydrogen-bond donors (Lipinski definition) is 19. The first kappa shape index (κ1) is 90.1. The molecule has 34 nitrogen and oxygen atoms in total. The summed E-state index contributed by atoms with van der Waals surface area (Å²) in [7, 11) is 0. The van der Waals surface area contributed by atoms with Gasteiger partial charge in [-0.15, -0.1) is 0 Å². The van der Waals surface area contributed by atoms with Crippen molar-refractivity contribution in [2.45, 2.75) is 191 Å². The van der Waals surface area contributed by atoms with E-state index in [9.17, 15) is 81.1 Å². The summed E-state index contributed by atoms with van der Waals surface area (Å²) in [6.45, 7) is 9.99. The normalized spacial score (nSPS) is 18.1. The summed E-state index contributed by atoms with van der Waals surface area (Å²) < 4.78 is 0. The van der Waals surface area contributed by atoms with E-state index in [2.05, 4.69) is 75.9 Å². The summed E-state index contributed by atoms with van der Waals surface area (Å²) in [5, 5.41) is 185. The maximum absolute atomic E-state index is 14.8. The minimum Gasteiger partial charge on any atom is -0.497 e. The van der Waals surface area contributed by atoms with Crippen LogP contribution in [-0.2, 0) is 41.7 Å². The van der Waals surface area contributed by atoms with Crippen LogP contribution in [-0.4, -0.2) is 262 Å². The molecule has 117 heavy (non-hydrogen) atoms. The highest BCUT2D eigenvalue weighted by atomic mass is 35.5. The molecular weight excluding hydrogens is 1530 g/mol. The maximum Gasteiger partial charge on any atom is 0.312 e. The van der Waals surface area contributed by atoms with Crippen LogP contribution < -0.4 is 16.0 Å². The van der Waals surface area contributed by atoms with E-state index in [1.54, 1.807) is 48.5 Å². The molecule has 1 fully saturated rings. The number of unbranched alkanes of at least 4 members (excludes halogenated alkanes) is 1. The number of amidine groups is 2. The molecule has 3 heterocycles. The third kappa shape index (κ3) is 28.5. The fourth-order valence-corrected chi connectivity index (χ4v) is 13.0. The number of nitrogens with zero attached hydrogens (tertiary/aromatic N) is 13. The number of amides is 2. The van der Waals surface area contributed by atoms with Gasteiger partial charge in [-0.25, -0.2) is 49.9 Å². The predicted molar refractivity (Wildman–Crippen MR) is 457 cm³/mol. The van der Waals surface area contributed by atoms with E-state index in [0.29, 0.717) is 59.5 Å². The van der Waals surface area contributed by atoms with E-state index in [0.717, 1.165) is 16.3 Å². The lowest BCUT2D eigenvalue weighted by Gasteiger charge is -2.27. The van der Waals surface area contributed by atoms with E-state index >= 15 is 0 Å². The SMILES string of the molecule is CC(O)=NC(Cc1ccc2ccccc2c1)C(O)=NC(Cc1ccc(Cl)cc1)C(O)=NC(Cc1cccnc1)C(O)=NC(CO)C(O)=NC(Cc1ccc(NC(=O)C2CC(O)=NC(O)=N2)cc1)C(O)=NC(Cc1ccc(NC(=N)O)cc1)C(O)=NC(CC(C)C)C(O)=NC(CCCCNC(C)C)C(=O)N1CCCC1C(O)=NC(C)C(=N)O.